The van der Waals surface area contributed by atoms with Crippen LogP contribution in [0, 0.1) is 5.92 Å². The van der Waals surface area contributed by atoms with E-state index in [0.717, 1.165) is 16.8 Å². The summed E-state index contributed by atoms with van der Waals surface area (Å²) in [5.41, 5.74) is 2.08. The highest BCUT2D eigenvalue weighted by atomic mass is 16.5. The molecule has 0 aliphatic carbocycles. The van der Waals surface area contributed by atoms with Crippen molar-refractivity contribution in [2.45, 2.75) is 18.5 Å². The highest BCUT2D eigenvalue weighted by Crippen LogP contribution is 2.49. The van der Waals surface area contributed by atoms with Gasteiger partial charge >= 0.3 is 5.97 Å². The van der Waals surface area contributed by atoms with Crippen molar-refractivity contribution < 1.29 is 14.3 Å². The van der Waals surface area contributed by atoms with Crippen LogP contribution in [0.15, 0.2) is 54.6 Å². The second kappa shape index (κ2) is 6.01. The standard InChI is InChI=1S/C20H20N2O3/c1-25-18(23)15-11-20(16-9-5-6-10-17(16)21-19(20)24)22(13-15)12-14-7-3-2-4-8-14/h2-10,15H,11-13H2,1H3,(H,21,24)/t15-,20-/m0/s1. The summed E-state index contributed by atoms with van der Waals surface area (Å²) in [7, 11) is 1.40. The van der Waals surface area contributed by atoms with Gasteiger partial charge in [0.25, 0.3) is 0 Å². The Morgan fingerprint density at radius 2 is 1.92 bits per heavy atom. The lowest BCUT2D eigenvalue weighted by Gasteiger charge is -2.33. The number of nitrogens with zero attached hydrogens (tertiary/aromatic N) is 1. The average molecular weight is 336 g/mol. The molecule has 0 saturated carbocycles. The number of hydrogen-bond donors (Lipinski definition) is 1. The Bertz CT molecular complexity index is 821. The fraction of sp³-hybridized carbons (Fsp3) is 0.300. The molecule has 0 radical (unpaired) electrons. The maximum atomic E-state index is 13.0. The number of fused-ring (bicyclic) bond motifs is 2. The number of amides is 1. The van der Waals surface area contributed by atoms with Crippen molar-refractivity contribution in [3.8, 4) is 0 Å². The molecule has 2 heterocycles. The van der Waals surface area contributed by atoms with Gasteiger partial charge in [-0.05, 0) is 18.1 Å². The van der Waals surface area contributed by atoms with Crippen LogP contribution in [0.4, 0.5) is 5.69 Å². The van der Waals surface area contributed by atoms with E-state index < -0.39 is 5.54 Å². The third-order valence-electron chi connectivity index (χ3n) is 5.27. The van der Waals surface area contributed by atoms with Gasteiger partial charge in [0.15, 0.2) is 0 Å². The van der Waals surface area contributed by atoms with Gasteiger partial charge < -0.3 is 10.1 Å². The van der Waals surface area contributed by atoms with E-state index in [4.69, 9.17) is 4.74 Å². The molecule has 2 aliphatic heterocycles. The number of methoxy groups -OCH3 is 1. The molecule has 1 amide bonds. The molecule has 1 N–H and O–H groups in total. The van der Waals surface area contributed by atoms with Crippen molar-refractivity contribution >= 4 is 17.6 Å². The molecule has 2 atom stereocenters. The van der Waals surface area contributed by atoms with Crippen molar-refractivity contribution in [3.05, 3.63) is 65.7 Å². The van der Waals surface area contributed by atoms with Crippen LogP contribution >= 0.6 is 0 Å². The van der Waals surface area contributed by atoms with Gasteiger partial charge in [-0.1, -0.05) is 48.5 Å². The Labute approximate surface area is 146 Å². The molecule has 0 aromatic heterocycles. The first-order valence-corrected chi connectivity index (χ1v) is 8.43. The van der Waals surface area contributed by atoms with Gasteiger partial charge in [-0.15, -0.1) is 0 Å². The first-order valence-electron chi connectivity index (χ1n) is 8.43. The summed E-state index contributed by atoms with van der Waals surface area (Å²) in [5, 5.41) is 2.99. The lowest BCUT2D eigenvalue weighted by atomic mass is 9.85. The van der Waals surface area contributed by atoms with E-state index in [2.05, 4.69) is 10.2 Å². The molecule has 4 rings (SSSR count). The van der Waals surface area contributed by atoms with E-state index in [1.54, 1.807) is 0 Å². The van der Waals surface area contributed by atoms with Gasteiger partial charge in [0, 0.05) is 24.3 Å². The van der Waals surface area contributed by atoms with Crippen molar-refractivity contribution in [2.24, 2.45) is 5.92 Å². The Hall–Kier alpha value is -2.66. The second-order valence-electron chi connectivity index (χ2n) is 6.65. The van der Waals surface area contributed by atoms with Crippen LogP contribution in [0.25, 0.3) is 0 Å². The molecule has 25 heavy (non-hydrogen) atoms. The van der Waals surface area contributed by atoms with E-state index in [0.29, 0.717) is 19.5 Å². The maximum Gasteiger partial charge on any atom is 0.310 e. The first kappa shape index (κ1) is 15.8. The van der Waals surface area contributed by atoms with E-state index in [1.807, 2.05) is 54.6 Å². The largest absolute Gasteiger partial charge is 0.469 e. The Balaban J connectivity index is 1.77. The minimum Gasteiger partial charge on any atom is -0.469 e. The molecule has 2 aliphatic rings. The highest BCUT2D eigenvalue weighted by Gasteiger charge is 2.57. The number of anilines is 1. The minimum absolute atomic E-state index is 0.0592. The number of para-hydroxylation sites is 1. The summed E-state index contributed by atoms with van der Waals surface area (Å²) in [6.07, 6.45) is 0.440. The van der Waals surface area contributed by atoms with E-state index in [1.165, 1.54) is 7.11 Å². The zero-order valence-corrected chi connectivity index (χ0v) is 14.1. The molecule has 1 fully saturated rings. The minimum atomic E-state index is -0.814. The molecule has 0 bridgehead atoms. The van der Waals surface area contributed by atoms with Crippen LogP contribution in [0.2, 0.25) is 0 Å². The average Bonchev–Trinajstić information content (AvgIpc) is 3.15. The van der Waals surface area contributed by atoms with Gasteiger partial charge in [-0.3, -0.25) is 14.5 Å². The number of carbonyl (C=O) groups is 2. The molecule has 1 saturated heterocycles. The third kappa shape index (κ3) is 2.43. The monoisotopic (exact) mass is 336 g/mol. The molecule has 5 heteroatoms. The fourth-order valence-corrected chi connectivity index (χ4v) is 4.12. The Morgan fingerprint density at radius 3 is 2.68 bits per heavy atom. The van der Waals surface area contributed by atoms with Gasteiger partial charge in [0.1, 0.15) is 5.54 Å². The zero-order chi connectivity index (χ0) is 17.4. The molecule has 1 spiro atoms. The molecule has 5 nitrogen and oxygen atoms in total. The van der Waals surface area contributed by atoms with E-state index in [-0.39, 0.29) is 17.8 Å². The molecular weight excluding hydrogens is 316 g/mol. The Kier molecular flexibility index (Phi) is 3.81. The third-order valence-corrected chi connectivity index (χ3v) is 5.27. The molecule has 0 unspecified atom stereocenters. The van der Waals surface area contributed by atoms with Crippen LogP contribution in [-0.4, -0.2) is 30.4 Å². The van der Waals surface area contributed by atoms with Crippen LogP contribution < -0.4 is 5.32 Å². The molecule has 2 aromatic carbocycles. The molecular formula is C20H20N2O3. The van der Waals surface area contributed by atoms with Gasteiger partial charge in [0.2, 0.25) is 5.91 Å². The number of likely N-dealkylation sites (tertiary alicyclic amines) is 1. The normalized spacial score (nSPS) is 25.0. The number of carbonyl (C=O) groups excluding carboxylic acids is 2. The first-order chi connectivity index (χ1) is 12.1. The summed E-state index contributed by atoms with van der Waals surface area (Å²) in [5.74, 6) is -0.631. The predicted molar refractivity (Wildman–Crippen MR) is 93.7 cm³/mol. The quantitative estimate of drug-likeness (QED) is 0.875. The van der Waals surface area contributed by atoms with Crippen LogP contribution in [-0.2, 0) is 26.4 Å². The number of hydrogen-bond acceptors (Lipinski definition) is 4. The molecule has 2 aromatic rings. The lowest BCUT2D eigenvalue weighted by Crippen LogP contribution is -2.46. The predicted octanol–water partition coefficient (Wildman–Crippen LogP) is 2.53. The summed E-state index contributed by atoms with van der Waals surface area (Å²) in [6, 6.07) is 17.8. The van der Waals surface area contributed by atoms with Gasteiger partial charge in [-0.25, -0.2) is 0 Å². The number of rotatable bonds is 3. The smallest absolute Gasteiger partial charge is 0.310 e. The van der Waals surface area contributed by atoms with Crippen molar-refractivity contribution in [1.82, 2.24) is 4.90 Å². The summed E-state index contributed by atoms with van der Waals surface area (Å²) in [4.78, 5) is 27.3. The zero-order valence-electron chi connectivity index (χ0n) is 14.1. The van der Waals surface area contributed by atoms with Gasteiger partial charge in [0.05, 0.1) is 13.0 Å². The summed E-state index contributed by atoms with van der Waals surface area (Å²) in [6.45, 7) is 1.11. The van der Waals surface area contributed by atoms with Crippen LogP contribution in [0.3, 0.4) is 0 Å². The number of benzene rings is 2. The lowest BCUT2D eigenvalue weighted by molar-refractivity contribution is -0.145. The van der Waals surface area contributed by atoms with Crippen molar-refractivity contribution in [1.29, 1.82) is 0 Å². The summed E-state index contributed by atoms with van der Waals surface area (Å²) >= 11 is 0. The van der Waals surface area contributed by atoms with Crippen LogP contribution in [0.1, 0.15) is 17.5 Å². The van der Waals surface area contributed by atoms with E-state index in [9.17, 15) is 9.59 Å². The summed E-state index contributed by atoms with van der Waals surface area (Å²) < 4.78 is 4.96. The van der Waals surface area contributed by atoms with Crippen molar-refractivity contribution in [2.75, 3.05) is 19.0 Å². The number of esters is 1. The van der Waals surface area contributed by atoms with Crippen molar-refractivity contribution in [3.63, 3.8) is 0 Å². The van der Waals surface area contributed by atoms with Gasteiger partial charge in [-0.2, -0.15) is 0 Å². The van der Waals surface area contributed by atoms with Crippen LogP contribution in [0.5, 0.6) is 0 Å². The Morgan fingerprint density at radius 1 is 1.20 bits per heavy atom. The maximum absolute atomic E-state index is 13.0. The topological polar surface area (TPSA) is 58.6 Å². The van der Waals surface area contributed by atoms with E-state index >= 15 is 0 Å². The highest BCUT2D eigenvalue weighted by molar-refractivity contribution is 6.06. The number of nitrogens with one attached hydrogen (secondary N) is 1. The number of ether oxygens (including phenoxy) is 1. The fourth-order valence-electron chi connectivity index (χ4n) is 4.12. The molecule has 128 valence electrons. The second-order valence-corrected chi connectivity index (χ2v) is 6.65. The SMILES string of the molecule is COC(=O)[C@@H]1CN(Cc2ccccc2)[C@]2(C1)C(=O)Nc1ccccc12.